The van der Waals surface area contributed by atoms with Crippen LogP contribution in [0.5, 0.6) is 0 Å². The van der Waals surface area contributed by atoms with Gasteiger partial charge in [0.05, 0.1) is 0 Å². The second kappa shape index (κ2) is 8.74. The summed E-state index contributed by atoms with van der Waals surface area (Å²) in [5, 5.41) is 1.77. The van der Waals surface area contributed by atoms with Gasteiger partial charge in [-0.05, 0) is 27.7 Å². The van der Waals surface area contributed by atoms with E-state index in [1.165, 1.54) is 5.30 Å². The van der Waals surface area contributed by atoms with Crippen molar-refractivity contribution >= 4 is 22.8 Å². The maximum absolute atomic E-state index is 13.0. The fourth-order valence-electron chi connectivity index (χ4n) is 2.37. The molecule has 0 amide bonds. The number of benzene rings is 1. The summed E-state index contributed by atoms with van der Waals surface area (Å²) >= 11 is 2.22. The standard InChI is InChI=1S/C14H22FP.CH3.ClH.Pd/c1-13(2,3)16(14(4,5)6)12-9-7-11(15)8-10-12;;;/h7-10H,1-6H3;1H3;1H;/q;-1;;+2/p-1. The van der Waals surface area contributed by atoms with Crippen molar-refractivity contribution in [1.82, 2.24) is 0 Å². The minimum absolute atomic E-state index is 0. The monoisotopic (exact) mass is 396 g/mol. The van der Waals surface area contributed by atoms with Crippen LogP contribution in [0, 0.1) is 13.2 Å². The summed E-state index contributed by atoms with van der Waals surface area (Å²) in [6.07, 6.45) is 0. The Morgan fingerprint density at radius 2 is 1.21 bits per heavy atom. The van der Waals surface area contributed by atoms with E-state index >= 15 is 0 Å². The van der Waals surface area contributed by atoms with Crippen molar-refractivity contribution < 1.29 is 22.6 Å². The van der Waals surface area contributed by atoms with Crippen LogP contribution < -0.4 is 5.30 Å². The van der Waals surface area contributed by atoms with Gasteiger partial charge >= 0.3 is 27.7 Å². The van der Waals surface area contributed by atoms with Gasteiger partial charge in [0, 0.05) is 0 Å². The molecule has 0 bridgehead atoms. The van der Waals surface area contributed by atoms with Crippen LogP contribution in [0.25, 0.3) is 0 Å². The van der Waals surface area contributed by atoms with Crippen molar-refractivity contribution in [1.29, 1.82) is 0 Å². The molecule has 0 unspecified atom stereocenters. The van der Waals surface area contributed by atoms with Crippen LogP contribution in [0.3, 0.4) is 0 Å². The van der Waals surface area contributed by atoms with E-state index in [4.69, 9.17) is 0 Å². The average Bonchev–Trinajstić information content (AvgIpc) is 2.20. The molecule has 0 radical (unpaired) electrons. The quantitative estimate of drug-likeness (QED) is 0.326. The molecule has 0 nitrogen and oxygen atoms in total. The summed E-state index contributed by atoms with van der Waals surface area (Å²) in [5.41, 5.74) is 0. The molecule has 0 aliphatic heterocycles. The number of halogens is 2. The fraction of sp³-hybridized carbons (Fsp3) is 0.533. The third-order valence-corrected chi connectivity index (χ3v) is 5.92. The van der Waals surface area contributed by atoms with Gasteiger partial charge < -0.3 is 7.43 Å². The van der Waals surface area contributed by atoms with E-state index in [0.29, 0.717) is 0 Å². The Balaban J connectivity index is 0. The van der Waals surface area contributed by atoms with Gasteiger partial charge in [0.15, 0.2) is 0 Å². The Labute approximate surface area is 134 Å². The van der Waals surface area contributed by atoms with Crippen LogP contribution >= 0.6 is 17.5 Å². The summed E-state index contributed by atoms with van der Waals surface area (Å²) in [6.45, 7) is 13.6. The zero-order chi connectivity index (χ0) is 14.6. The van der Waals surface area contributed by atoms with Gasteiger partial charge in [-0.25, -0.2) is 4.39 Å². The molecule has 19 heavy (non-hydrogen) atoms. The van der Waals surface area contributed by atoms with Crippen molar-refractivity contribution in [3.05, 3.63) is 37.5 Å². The molecule has 0 saturated carbocycles. The Morgan fingerprint density at radius 3 is 1.47 bits per heavy atom. The van der Waals surface area contributed by atoms with Gasteiger partial charge in [-0.15, -0.1) is 0 Å². The molecule has 0 aromatic heterocycles. The van der Waals surface area contributed by atoms with E-state index in [1.54, 1.807) is 12.1 Å². The Hall–Kier alpha value is 0.532. The molecular formula is C15H25ClFPPd. The molecule has 0 aliphatic carbocycles. The zero-order valence-corrected chi connectivity index (χ0v) is 16.0. The molecule has 0 fully saturated rings. The average molecular weight is 397 g/mol. The van der Waals surface area contributed by atoms with E-state index in [9.17, 15) is 4.39 Å². The van der Waals surface area contributed by atoms with Crippen LogP contribution in [-0.4, -0.2) is 10.3 Å². The van der Waals surface area contributed by atoms with Gasteiger partial charge in [-0.3, -0.25) is 0 Å². The second-order valence-electron chi connectivity index (χ2n) is 6.15. The molecule has 4 heteroatoms. The first-order chi connectivity index (χ1) is 8.12. The van der Waals surface area contributed by atoms with E-state index in [-0.39, 0.29) is 31.5 Å². The van der Waals surface area contributed by atoms with E-state index in [0.717, 1.165) is 0 Å². The van der Waals surface area contributed by atoms with Gasteiger partial charge in [0.1, 0.15) is 5.82 Å². The third kappa shape index (κ3) is 7.20. The van der Waals surface area contributed by atoms with Gasteiger partial charge in [0.25, 0.3) is 0 Å². The topological polar surface area (TPSA) is 0 Å². The third-order valence-electron chi connectivity index (χ3n) is 2.43. The SMILES string of the molecule is CC(C)(C)P(c1ccc(F)cc1)C(C)(C)C.[CH3-].[Cl][Pd+]. The molecule has 0 saturated heterocycles. The molecule has 1 aromatic carbocycles. The Kier molecular flexibility index (Phi) is 10.0. The predicted octanol–water partition coefficient (Wildman–Crippen LogP) is 5.67. The van der Waals surface area contributed by atoms with Crippen molar-refractivity contribution in [2.75, 3.05) is 0 Å². The molecule has 1 rings (SSSR count). The van der Waals surface area contributed by atoms with Crippen LogP contribution in [0.15, 0.2) is 24.3 Å². The van der Waals surface area contributed by atoms with Crippen LogP contribution in [-0.2, 0) is 18.2 Å². The van der Waals surface area contributed by atoms with E-state index in [1.807, 2.05) is 12.1 Å². The summed E-state index contributed by atoms with van der Waals surface area (Å²) < 4.78 is 13.0. The van der Waals surface area contributed by atoms with Crippen molar-refractivity contribution in [2.24, 2.45) is 0 Å². The van der Waals surface area contributed by atoms with Gasteiger partial charge in [0.2, 0.25) is 0 Å². The molecule has 0 atom stereocenters. The summed E-state index contributed by atoms with van der Waals surface area (Å²) in [4.78, 5) is 0. The van der Waals surface area contributed by atoms with Gasteiger partial charge in [-0.1, -0.05) is 61.6 Å². The molecule has 0 aliphatic rings. The van der Waals surface area contributed by atoms with Crippen LogP contribution in [0.1, 0.15) is 41.5 Å². The minimum atomic E-state index is -0.317. The maximum atomic E-state index is 13.0. The van der Waals surface area contributed by atoms with Gasteiger partial charge in [-0.2, -0.15) is 0 Å². The van der Waals surface area contributed by atoms with Crippen molar-refractivity contribution in [3.63, 3.8) is 0 Å². The first-order valence-electron chi connectivity index (χ1n) is 5.80. The molecule has 0 N–H and O–H groups in total. The van der Waals surface area contributed by atoms with Crippen molar-refractivity contribution in [3.8, 4) is 0 Å². The number of hydrogen-bond donors (Lipinski definition) is 0. The fourth-order valence-corrected chi connectivity index (χ4v) is 6.38. The summed E-state index contributed by atoms with van der Waals surface area (Å²) in [7, 11) is 4.17. The molecule has 1 aromatic rings. The molecule has 0 heterocycles. The first kappa shape index (κ1) is 21.8. The molecule has 0 spiro atoms. The zero-order valence-electron chi connectivity index (χ0n) is 12.8. The number of rotatable bonds is 1. The Bertz CT molecular complexity index is 338. The van der Waals surface area contributed by atoms with E-state index < -0.39 is 0 Å². The van der Waals surface area contributed by atoms with E-state index in [2.05, 4.69) is 69.3 Å². The number of hydrogen-bond acceptors (Lipinski definition) is 0. The second-order valence-corrected chi connectivity index (χ2v) is 10.0. The molecule has 114 valence electrons. The van der Waals surface area contributed by atoms with Crippen LogP contribution in [0.2, 0.25) is 0 Å². The van der Waals surface area contributed by atoms with Crippen molar-refractivity contribution in [2.45, 2.75) is 51.9 Å². The first-order valence-corrected chi connectivity index (χ1v) is 9.14. The summed E-state index contributed by atoms with van der Waals surface area (Å²) in [6, 6.07) is 7.03. The Morgan fingerprint density at radius 1 is 0.895 bits per heavy atom. The summed E-state index contributed by atoms with van der Waals surface area (Å²) in [5.74, 6) is -0.151. The predicted molar refractivity (Wildman–Crippen MR) is 84.7 cm³/mol. The van der Waals surface area contributed by atoms with Crippen LogP contribution in [0.4, 0.5) is 4.39 Å². The normalized spacial score (nSPS) is 11.5. The molecular weight excluding hydrogens is 372 g/mol.